The molecular weight excluding hydrogens is 232 g/mol. The van der Waals surface area contributed by atoms with Crippen molar-refractivity contribution in [3.63, 3.8) is 0 Å². The highest BCUT2D eigenvalue weighted by atomic mass is 16.5. The number of nitrogens with one attached hydrogen (secondary N) is 1. The predicted octanol–water partition coefficient (Wildman–Crippen LogP) is 1.44. The van der Waals surface area contributed by atoms with E-state index in [9.17, 15) is 4.79 Å². The number of rotatable bonds is 6. The Morgan fingerprint density at radius 1 is 1.56 bits per heavy atom. The van der Waals surface area contributed by atoms with Gasteiger partial charge in [-0.2, -0.15) is 0 Å². The average molecular weight is 250 g/mol. The van der Waals surface area contributed by atoms with Crippen molar-refractivity contribution in [1.82, 2.24) is 10.3 Å². The van der Waals surface area contributed by atoms with E-state index in [0.29, 0.717) is 6.54 Å². The summed E-state index contributed by atoms with van der Waals surface area (Å²) in [6.45, 7) is 1.44. The van der Waals surface area contributed by atoms with E-state index in [1.54, 1.807) is 19.2 Å². The van der Waals surface area contributed by atoms with Gasteiger partial charge in [0, 0.05) is 26.4 Å². The van der Waals surface area contributed by atoms with Crippen molar-refractivity contribution in [3.8, 4) is 0 Å². The Hall–Kier alpha value is -1.46. The molecule has 0 spiro atoms. The van der Waals surface area contributed by atoms with Gasteiger partial charge in [0.05, 0.1) is 16.9 Å². The van der Waals surface area contributed by atoms with Crippen LogP contribution < -0.4 is 5.32 Å². The molecule has 1 fully saturated rings. The Labute approximate surface area is 106 Å². The predicted molar refractivity (Wildman–Crippen MR) is 66.5 cm³/mol. The zero-order chi connectivity index (χ0) is 13.0. The number of pyridine rings is 1. The summed E-state index contributed by atoms with van der Waals surface area (Å²) in [5.41, 5.74) is 1.05. The van der Waals surface area contributed by atoms with Gasteiger partial charge < -0.3 is 15.2 Å². The Bertz CT molecular complexity index is 407. The number of aromatic carboxylic acids is 1. The molecule has 5 heteroatoms. The number of carbonyl (C=O) groups is 1. The van der Waals surface area contributed by atoms with E-state index < -0.39 is 5.97 Å². The molecule has 18 heavy (non-hydrogen) atoms. The first kappa shape index (κ1) is 13.0. The van der Waals surface area contributed by atoms with Crippen molar-refractivity contribution >= 4 is 5.97 Å². The number of carboxylic acid groups (broad SMARTS) is 1. The quantitative estimate of drug-likeness (QED) is 0.799. The van der Waals surface area contributed by atoms with E-state index in [2.05, 4.69) is 10.3 Å². The lowest BCUT2D eigenvalue weighted by Gasteiger charge is -2.40. The monoisotopic (exact) mass is 250 g/mol. The van der Waals surface area contributed by atoms with E-state index >= 15 is 0 Å². The van der Waals surface area contributed by atoms with Crippen molar-refractivity contribution in [2.75, 3.05) is 13.7 Å². The minimum Gasteiger partial charge on any atom is -0.478 e. The van der Waals surface area contributed by atoms with Crippen molar-refractivity contribution < 1.29 is 14.6 Å². The van der Waals surface area contributed by atoms with Gasteiger partial charge in [0.2, 0.25) is 0 Å². The van der Waals surface area contributed by atoms with Crippen LogP contribution in [0.25, 0.3) is 0 Å². The molecule has 0 amide bonds. The minimum absolute atomic E-state index is 0.000997. The summed E-state index contributed by atoms with van der Waals surface area (Å²) in [5.74, 6) is -0.949. The fraction of sp³-hybridized carbons (Fsp3) is 0.538. The number of aromatic nitrogens is 1. The molecule has 98 valence electrons. The molecule has 1 heterocycles. The lowest BCUT2D eigenvalue weighted by molar-refractivity contribution is -0.0695. The van der Waals surface area contributed by atoms with E-state index in [1.807, 2.05) is 0 Å². The summed E-state index contributed by atoms with van der Waals surface area (Å²) >= 11 is 0. The summed E-state index contributed by atoms with van der Waals surface area (Å²) in [5, 5.41) is 12.1. The van der Waals surface area contributed by atoms with Crippen molar-refractivity contribution in [2.45, 2.75) is 31.4 Å². The zero-order valence-corrected chi connectivity index (χ0v) is 10.5. The fourth-order valence-electron chi connectivity index (χ4n) is 2.10. The standard InChI is InChI=1S/C13H18N2O3/c1-18-13(5-2-6-13)9-14-8-11-4-3-10(7-15-11)12(16)17/h3-4,7,14H,2,5-6,8-9H2,1H3,(H,16,17). The molecule has 5 nitrogen and oxygen atoms in total. The van der Waals surface area contributed by atoms with Crippen LogP contribution in [0.5, 0.6) is 0 Å². The SMILES string of the molecule is COC1(CNCc2ccc(C(=O)O)cn2)CCC1. The maximum absolute atomic E-state index is 10.7. The maximum Gasteiger partial charge on any atom is 0.337 e. The highest BCUT2D eigenvalue weighted by Crippen LogP contribution is 2.34. The lowest BCUT2D eigenvalue weighted by atomic mass is 9.80. The molecule has 0 saturated heterocycles. The van der Waals surface area contributed by atoms with E-state index in [0.717, 1.165) is 25.1 Å². The van der Waals surface area contributed by atoms with Gasteiger partial charge in [-0.05, 0) is 31.4 Å². The number of hydrogen-bond donors (Lipinski definition) is 2. The molecule has 0 aliphatic heterocycles. The van der Waals surface area contributed by atoms with E-state index in [1.165, 1.54) is 12.6 Å². The second-order valence-corrected chi connectivity index (χ2v) is 4.69. The largest absolute Gasteiger partial charge is 0.478 e. The molecule has 2 rings (SSSR count). The normalized spacial score (nSPS) is 17.2. The Morgan fingerprint density at radius 3 is 2.78 bits per heavy atom. The van der Waals surface area contributed by atoms with Crippen molar-refractivity contribution in [2.24, 2.45) is 0 Å². The summed E-state index contributed by atoms with van der Waals surface area (Å²) in [6, 6.07) is 3.30. The van der Waals surface area contributed by atoms with Crippen LogP contribution in [0, 0.1) is 0 Å². The van der Waals surface area contributed by atoms with Crippen molar-refractivity contribution in [1.29, 1.82) is 0 Å². The van der Waals surface area contributed by atoms with Gasteiger partial charge in [0.25, 0.3) is 0 Å². The smallest absolute Gasteiger partial charge is 0.337 e. The summed E-state index contributed by atoms with van der Waals surface area (Å²) < 4.78 is 5.50. The topological polar surface area (TPSA) is 71.5 Å². The highest BCUT2D eigenvalue weighted by molar-refractivity contribution is 5.87. The first-order valence-corrected chi connectivity index (χ1v) is 6.09. The van der Waals surface area contributed by atoms with Gasteiger partial charge in [-0.3, -0.25) is 4.98 Å². The second kappa shape index (κ2) is 5.46. The van der Waals surface area contributed by atoms with Gasteiger partial charge in [-0.15, -0.1) is 0 Å². The third kappa shape index (κ3) is 2.86. The summed E-state index contributed by atoms with van der Waals surface area (Å²) in [7, 11) is 1.75. The number of nitrogens with zero attached hydrogens (tertiary/aromatic N) is 1. The van der Waals surface area contributed by atoms with Gasteiger partial charge in [-0.1, -0.05) is 0 Å². The van der Waals surface area contributed by atoms with Gasteiger partial charge >= 0.3 is 5.97 Å². The molecule has 1 aromatic heterocycles. The van der Waals surface area contributed by atoms with Gasteiger partial charge in [0.1, 0.15) is 0 Å². The summed E-state index contributed by atoms with van der Waals surface area (Å²) in [6.07, 6.45) is 4.81. The van der Waals surface area contributed by atoms with Crippen LogP contribution in [0.2, 0.25) is 0 Å². The molecule has 0 atom stereocenters. The zero-order valence-electron chi connectivity index (χ0n) is 10.5. The minimum atomic E-state index is -0.949. The number of hydrogen-bond acceptors (Lipinski definition) is 4. The first-order chi connectivity index (χ1) is 8.65. The molecule has 1 aromatic rings. The van der Waals surface area contributed by atoms with Crippen LogP contribution in [0.4, 0.5) is 0 Å². The number of methoxy groups -OCH3 is 1. The number of ether oxygens (including phenoxy) is 1. The molecular formula is C13H18N2O3. The molecule has 1 aliphatic carbocycles. The summed E-state index contributed by atoms with van der Waals surface area (Å²) in [4.78, 5) is 14.8. The second-order valence-electron chi connectivity index (χ2n) is 4.69. The average Bonchev–Trinajstić information content (AvgIpc) is 2.33. The molecule has 0 unspecified atom stereocenters. The third-order valence-corrected chi connectivity index (χ3v) is 3.52. The lowest BCUT2D eigenvalue weighted by Crippen LogP contribution is -2.47. The number of carboxylic acids is 1. The fourth-order valence-corrected chi connectivity index (χ4v) is 2.10. The molecule has 1 aliphatic rings. The van der Waals surface area contributed by atoms with Gasteiger partial charge in [-0.25, -0.2) is 4.79 Å². The van der Waals surface area contributed by atoms with Crippen LogP contribution in [0.3, 0.4) is 0 Å². The Kier molecular flexibility index (Phi) is 3.93. The Morgan fingerprint density at radius 2 is 2.33 bits per heavy atom. The van der Waals surface area contributed by atoms with Crippen LogP contribution in [0.15, 0.2) is 18.3 Å². The molecule has 1 saturated carbocycles. The maximum atomic E-state index is 10.7. The third-order valence-electron chi connectivity index (χ3n) is 3.52. The Balaban J connectivity index is 1.81. The molecule has 0 bridgehead atoms. The van der Waals surface area contributed by atoms with Crippen molar-refractivity contribution in [3.05, 3.63) is 29.6 Å². The van der Waals surface area contributed by atoms with Crippen LogP contribution in [-0.2, 0) is 11.3 Å². The van der Waals surface area contributed by atoms with Crippen LogP contribution in [0.1, 0.15) is 35.3 Å². The van der Waals surface area contributed by atoms with Gasteiger partial charge in [0.15, 0.2) is 0 Å². The molecule has 0 radical (unpaired) electrons. The van der Waals surface area contributed by atoms with E-state index in [4.69, 9.17) is 9.84 Å². The molecule has 0 aromatic carbocycles. The van der Waals surface area contributed by atoms with E-state index in [-0.39, 0.29) is 11.2 Å². The van der Waals surface area contributed by atoms with Crippen LogP contribution in [-0.4, -0.2) is 35.3 Å². The highest BCUT2D eigenvalue weighted by Gasteiger charge is 2.36. The van der Waals surface area contributed by atoms with Crippen LogP contribution >= 0.6 is 0 Å². The molecule has 2 N–H and O–H groups in total. The first-order valence-electron chi connectivity index (χ1n) is 6.09.